The maximum absolute atomic E-state index is 11.8. The van der Waals surface area contributed by atoms with E-state index in [0.29, 0.717) is 0 Å². The van der Waals surface area contributed by atoms with E-state index in [1.54, 1.807) is 20.8 Å². The third-order valence-electron chi connectivity index (χ3n) is 2.44. The lowest BCUT2D eigenvalue weighted by Crippen LogP contribution is -2.46. The van der Waals surface area contributed by atoms with E-state index in [-0.39, 0.29) is 5.92 Å². The number of aromatic nitrogens is 3. The standard InChI is InChI=1S/C10H16N4O3/c1-6(2)8(10(16)17)13-9(15)7(3)14-5-11-4-12-14/h4-8H,1-3H3,(H,13,15)(H,16,17)/t7?,8-/m0/s1. The molecule has 2 N–H and O–H groups in total. The van der Waals surface area contributed by atoms with Gasteiger partial charge in [0.15, 0.2) is 0 Å². The average Bonchev–Trinajstić information content (AvgIpc) is 2.76. The molecule has 0 saturated heterocycles. The van der Waals surface area contributed by atoms with Crippen LogP contribution < -0.4 is 5.32 Å². The predicted octanol–water partition coefficient (Wildman–Crippen LogP) is 0.0645. The molecule has 94 valence electrons. The average molecular weight is 240 g/mol. The Balaban J connectivity index is 2.68. The van der Waals surface area contributed by atoms with Gasteiger partial charge < -0.3 is 10.4 Å². The van der Waals surface area contributed by atoms with Crippen molar-refractivity contribution in [2.75, 3.05) is 0 Å². The fraction of sp³-hybridized carbons (Fsp3) is 0.600. The van der Waals surface area contributed by atoms with Crippen LogP contribution in [0.1, 0.15) is 26.8 Å². The summed E-state index contributed by atoms with van der Waals surface area (Å²) in [5, 5.41) is 15.3. The molecule has 0 bridgehead atoms. The second kappa shape index (κ2) is 5.42. The van der Waals surface area contributed by atoms with Crippen LogP contribution in [0.2, 0.25) is 0 Å². The summed E-state index contributed by atoms with van der Waals surface area (Å²) in [6, 6.07) is -1.48. The Morgan fingerprint density at radius 2 is 2.00 bits per heavy atom. The van der Waals surface area contributed by atoms with Crippen molar-refractivity contribution in [2.45, 2.75) is 32.9 Å². The Hall–Kier alpha value is -1.92. The maximum atomic E-state index is 11.8. The first kappa shape index (κ1) is 13.1. The minimum absolute atomic E-state index is 0.181. The van der Waals surface area contributed by atoms with Crippen LogP contribution in [-0.4, -0.2) is 37.8 Å². The number of rotatable bonds is 5. The Kier molecular flexibility index (Phi) is 4.19. The first-order valence-electron chi connectivity index (χ1n) is 5.30. The van der Waals surface area contributed by atoms with Crippen molar-refractivity contribution in [1.82, 2.24) is 20.1 Å². The van der Waals surface area contributed by atoms with Gasteiger partial charge in [-0.25, -0.2) is 14.5 Å². The molecule has 1 amide bonds. The molecule has 0 spiro atoms. The number of carbonyl (C=O) groups is 2. The van der Waals surface area contributed by atoms with E-state index in [4.69, 9.17) is 5.11 Å². The van der Waals surface area contributed by atoms with Crippen LogP contribution in [0.4, 0.5) is 0 Å². The third kappa shape index (κ3) is 3.27. The van der Waals surface area contributed by atoms with Gasteiger partial charge in [-0.3, -0.25) is 4.79 Å². The Morgan fingerprint density at radius 1 is 1.35 bits per heavy atom. The molecule has 1 aromatic heterocycles. The molecule has 1 heterocycles. The largest absolute Gasteiger partial charge is 0.480 e. The van der Waals surface area contributed by atoms with E-state index in [2.05, 4.69) is 15.4 Å². The van der Waals surface area contributed by atoms with Gasteiger partial charge in [-0.2, -0.15) is 5.10 Å². The molecule has 1 rings (SSSR count). The highest BCUT2D eigenvalue weighted by Gasteiger charge is 2.26. The highest BCUT2D eigenvalue weighted by Crippen LogP contribution is 2.06. The number of nitrogens with one attached hydrogen (secondary N) is 1. The number of carbonyl (C=O) groups excluding carboxylic acids is 1. The topological polar surface area (TPSA) is 97.1 Å². The number of hydrogen-bond donors (Lipinski definition) is 2. The molecule has 1 aromatic rings. The highest BCUT2D eigenvalue weighted by atomic mass is 16.4. The maximum Gasteiger partial charge on any atom is 0.326 e. The normalized spacial score (nSPS) is 14.4. The molecule has 0 fully saturated rings. The molecule has 0 aliphatic carbocycles. The van der Waals surface area contributed by atoms with E-state index in [9.17, 15) is 9.59 Å². The number of carboxylic acids is 1. The first-order valence-corrected chi connectivity index (χ1v) is 5.30. The van der Waals surface area contributed by atoms with E-state index in [0.717, 1.165) is 0 Å². The Morgan fingerprint density at radius 3 is 2.41 bits per heavy atom. The van der Waals surface area contributed by atoms with Crippen LogP contribution in [0, 0.1) is 5.92 Å². The van der Waals surface area contributed by atoms with Crippen LogP contribution >= 0.6 is 0 Å². The summed E-state index contributed by atoms with van der Waals surface area (Å²) in [6.45, 7) is 5.10. The summed E-state index contributed by atoms with van der Waals surface area (Å²) in [7, 11) is 0. The molecule has 0 aliphatic rings. The van der Waals surface area contributed by atoms with Crippen LogP contribution in [0.25, 0.3) is 0 Å². The van der Waals surface area contributed by atoms with Crippen LogP contribution in [0.15, 0.2) is 12.7 Å². The van der Waals surface area contributed by atoms with Gasteiger partial charge in [-0.1, -0.05) is 13.8 Å². The second-order valence-corrected chi connectivity index (χ2v) is 4.12. The van der Waals surface area contributed by atoms with Crippen molar-refractivity contribution >= 4 is 11.9 Å². The summed E-state index contributed by atoms with van der Waals surface area (Å²) >= 11 is 0. The van der Waals surface area contributed by atoms with Gasteiger partial charge in [0.05, 0.1) is 0 Å². The van der Waals surface area contributed by atoms with Gasteiger partial charge in [0, 0.05) is 0 Å². The summed E-state index contributed by atoms with van der Waals surface area (Å²) in [6.07, 6.45) is 2.73. The molecular weight excluding hydrogens is 224 g/mol. The molecular formula is C10H16N4O3. The van der Waals surface area contributed by atoms with Crippen molar-refractivity contribution in [3.63, 3.8) is 0 Å². The lowest BCUT2D eigenvalue weighted by atomic mass is 10.0. The Bertz CT molecular complexity index is 388. The third-order valence-corrected chi connectivity index (χ3v) is 2.44. The first-order chi connectivity index (χ1) is 7.93. The van der Waals surface area contributed by atoms with Gasteiger partial charge in [0.1, 0.15) is 24.7 Å². The number of carboxylic acid groups (broad SMARTS) is 1. The van der Waals surface area contributed by atoms with Crippen molar-refractivity contribution in [2.24, 2.45) is 5.92 Å². The van der Waals surface area contributed by atoms with E-state index in [1.807, 2.05) is 0 Å². The highest BCUT2D eigenvalue weighted by molar-refractivity contribution is 5.85. The van der Waals surface area contributed by atoms with Crippen molar-refractivity contribution < 1.29 is 14.7 Å². The molecule has 0 aliphatic heterocycles. The summed E-state index contributed by atoms with van der Waals surface area (Å²) in [5.74, 6) is -1.62. The summed E-state index contributed by atoms with van der Waals surface area (Å²) in [5.41, 5.74) is 0. The Labute approximate surface area is 98.8 Å². The zero-order valence-electron chi connectivity index (χ0n) is 9.99. The van der Waals surface area contributed by atoms with Gasteiger partial charge in [-0.15, -0.1) is 0 Å². The van der Waals surface area contributed by atoms with Crippen LogP contribution in [0.3, 0.4) is 0 Å². The quantitative estimate of drug-likeness (QED) is 0.758. The SMILES string of the molecule is CC(C)[C@H](NC(=O)C(C)n1cncn1)C(=O)O. The molecule has 7 heteroatoms. The van der Waals surface area contributed by atoms with Crippen molar-refractivity contribution in [3.05, 3.63) is 12.7 Å². The molecule has 17 heavy (non-hydrogen) atoms. The lowest BCUT2D eigenvalue weighted by Gasteiger charge is -2.20. The van der Waals surface area contributed by atoms with E-state index >= 15 is 0 Å². The minimum Gasteiger partial charge on any atom is -0.480 e. The van der Waals surface area contributed by atoms with Crippen molar-refractivity contribution in [1.29, 1.82) is 0 Å². The molecule has 0 saturated carbocycles. The number of nitrogens with zero attached hydrogens (tertiary/aromatic N) is 3. The summed E-state index contributed by atoms with van der Waals surface area (Å²) < 4.78 is 1.37. The second-order valence-electron chi connectivity index (χ2n) is 4.12. The lowest BCUT2D eigenvalue weighted by molar-refractivity contribution is -0.143. The fourth-order valence-corrected chi connectivity index (χ4v) is 1.32. The van der Waals surface area contributed by atoms with Crippen LogP contribution in [0.5, 0.6) is 0 Å². The fourth-order valence-electron chi connectivity index (χ4n) is 1.32. The summed E-state index contributed by atoms with van der Waals surface area (Å²) in [4.78, 5) is 26.5. The van der Waals surface area contributed by atoms with Gasteiger partial charge in [0.25, 0.3) is 0 Å². The molecule has 1 unspecified atom stereocenters. The number of aliphatic carboxylic acids is 1. The predicted molar refractivity (Wildman–Crippen MR) is 59.1 cm³/mol. The van der Waals surface area contributed by atoms with Gasteiger partial charge >= 0.3 is 5.97 Å². The molecule has 0 radical (unpaired) electrons. The minimum atomic E-state index is -1.04. The van der Waals surface area contributed by atoms with Gasteiger partial charge in [0.2, 0.25) is 5.91 Å². The van der Waals surface area contributed by atoms with E-state index < -0.39 is 24.0 Å². The van der Waals surface area contributed by atoms with Crippen LogP contribution in [-0.2, 0) is 9.59 Å². The monoisotopic (exact) mass is 240 g/mol. The van der Waals surface area contributed by atoms with Gasteiger partial charge in [-0.05, 0) is 12.8 Å². The smallest absolute Gasteiger partial charge is 0.326 e. The van der Waals surface area contributed by atoms with Crippen molar-refractivity contribution in [3.8, 4) is 0 Å². The molecule has 7 nitrogen and oxygen atoms in total. The number of amides is 1. The van der Waals surface area contributed by atoms with E-state index in [1.165, 1.54) is 17.3 Å². The zero-order chi connectivity index (χ0) is 13.0. The number of hydrogen-bond acceptors (Lipinski definition) is 4. The molecule has 0 aromatic carbocycles. The zero-order valence-corrected chi connectivity index (χ0v) is 9.99. The molecule has 2 atom stereocenters.